The number of hydrogen-bond acceptors (Lipinski definition) is 5. The Bertz CT molecular complexity index is 290. The summed E-state index contributed by atoms with van der Waals surface area (Å²) in [7, 11) is 0. The molecule has 4 nitrogen and oxygen atoms in total. The quantitative estimate of drug-likeness (QED) is 0.836. The van der Waals surface area contributed by atoms with Crippen molar-refractivity contribution >= 4 is 11.8 Å². The van der Waals surface area contributed by atoms with Crippen LogP contribution in [0.25, 0.3) is 0 Å². The van der Waals surface area contributed by atoms with Gasteiger partial charge in [-0.05, 0) is 6.92 Å². The van der Waals surface area contributed by atoms with E-state index in [4.69, 9.17) is 10.3 Å². The molecule has 0 aromatic carbocycles. The smallest absolute Gasteiger partial charge is 0.243 e. The Morgan fingerprint density at radius 1 is 1.50 bits per heavy atom. The van der Waals surface area contributed by atoms with Gasteiger partial charge in [-0.25, -0.2) is 0 Å². The number of rotatable bonds is 3. The average molecular weight is 215 g/mol. The van der Waals surface area contributed by atoms with Gasteiger partial charge in [-0.3, -0.25) is 0 Å². The highest BCUT2D eigenvalue weighted by molar-refractivity contribution is 7.99. The average Bonchev–Trinajstić information content (AvgIpc) is 2.47. The molecule has 14 heavy (non-hydrogen) atoms. The molecule has 0 aliphatic heterocycles. The standard InChI is InChI=1S/C9H17N3OS/c1-6(10)8-11-7(12-13-8)5-14-9(2,3)4/h6H,5,10H2,1-4H3/t6-/m1/s1. The fourth-order valence-corrected chi connectivity index (χ4v) is 1.47. The number of nitrogens with two attached hydrogens (primary N) is 1. The molecule has 0 aliphatic carbocycles. The highest BCUT2D eigenvalue weighted by Crippen LogP contribution is 2.26. The molecule has 0 aliphatic rings. The molecule has 0 radical (unpaired) electrons. The molecule has 1 heterocycles. The van der Waals surface area contributed by atoms with Crippen LogP contribution in [-0.2, 0) is 5.75 Å². The van der Waals surface area contributed by atoms with Crippen molar-refractivity contribution in [3.63, 3.8) is 0 Å². The lowest BCUT2D eigenvalue weighted by Crippen LogP contribution is -2.08. The summed E-state index contributed by atoms with van der Waals surface area (Å²) in [6, 6.07) is -0.184. The lowest BCUT2D eigenvalue weighted by Gasteiger charge is -2.15. The van der Waals surface area contributed by atoms with Gasteiger partial charge in [-0.1, -0.05) is 25.9 Å². The van der Waals surface area contributed by atoms with Crippen molar-refractivity contribution in [2.24, 2.45) is 5.73 Å². The minimum atomic E-state index is -0.184. The van der Waals surface area contributed by atoms with Crippen LogP contribution >= 0.6 is 11.8 Å². The van der Waals surface area contributed by atoms with Crippen molar-refractivity contribution in [2.75, 3.05) is 0 Å². The Labute approximate surface area is 88.6 Å². The Morgan fingerprint density at radius 2 is 2.14 bits per heavy atom. The Morgan fingerprint density at radius 3 is 2.57 bits per heavy atom. The molecule has 0 spiro atoms. The van der Waals surface area contributed by atoms with Crippen LogP contribution in [0.15, 0.2) is 4.52 Å². The number of nitrogens with zero attached hydrogens (tertiary/aromatic N) is 2. The van der Waals surface area contributed by atoms with Gasteiger partial charge < -0.3 is 10.3 Å². The summed E-state index contributed by atoms with van der Waals surface area (Å²) < 4.78 is 5.21. The highest BCUT2D eigenvalue weighted by Gasteiger charge is 2.14. The molecule has 0 unspecified atom stereocenters. The van der Waals surface area contributed by atoms with Crippen molar-refractivity contribution in [1.29, 1.82) is 0 Å². The molecular weight excluding hydrogens is 198 g/mol. The first-order valence-electron chi connectivity index (χ1n) is 4.60. The lowest BCUT2D eigenvalue weighted by molar-refractivity contribution is 0.358. The Hall–Kier alpha value is -0.550. The van der Waals surface area contributed by atoms with Gasteiger partial charge in [-0.15, -0.1) is 11.8 Å². The second-order valence-electron chi connectivity index (χ2n) is 4.24. The second kappa shape index (κ2) is 4.31. The second-order valence-corrected chi connectivity index (χ2v) is 6.04. The van der Waals surface area contributed by atoms with Crippen LogP contribution in [0.4, 0.5) is 0 Å². The third-order valence-electron chi connectivity index (χ3n) is 1.51. The van der Waals surface area contributed by atoms with Crippen LogP contribution in [0.3, 0.4) is 0 Å². The molecule has 5 heteroatoms. The largest absolute Gasteiger partial charge is 0.338 e. The summed E-state index contributed by atoms with van der Waals surface area (Å²) in [6.07, 6.45) is 0. The zero-order chi connectivity index (χ0) is 10.8. The molecule has 0 saturated heterocycles. The molecule has 1 atom stereocenters. The van der Waals surface area contributed by atoms with E-state index in [0.29, 0.717) is 5.89 Å². The Kier molecular flexibility index (Phi) is 3.55. The van der Waals surface area contributed by atoms with E-state index in [9.17, 15) is 0 Å². The first kappa shape index (κ1) is 11.5. The molecule has 0 bridgehead atoms. The predicted octanol–water partition coefficient (Wildman–Crippen LogP) is 2.12. The number of hydrogen-bond donors (Lipinski definition) is 1. The predicted molar refractivity (Wildman–Crippen MR) is 57.9 cm³/mol. The molecule has 1 rings (SSSR count). The maximum absolute atomic E-state index is 5.61. The first-order chi connectivity index (χ1) is 6.38. The maximum atomic E-state index is 5.61. The molecule has 0 saturated carbocycles. The molecule has 2 N–H and O–H groups in total. The van der Waals surface area contributed by atoms with Crippen molar-refractivity contribution in [3.05, 3.63) is 11.7 Å². The van der Waals surface area contributed by atoms with Gasteiger partial charge in [0, 0.05) is 4.75 Å². The lowest BCUT2D eigenvalue weighted by atomic mass is 10.3. The van der Waals surface area contributed by atoms with E-state index in [1.165, 1.54) is 0 Å². The molecular formula is C9H17N3OS. The first-order valence-corrected chi connectivity index (χ1v) is 5.59. The van der Waals surface area contributed by atoms with E-state index in [-0.39, 0.29) is 10.8 Å². The molecule has 0 amide bonds. The van der Waals surface area contributed by atoms with E-state index in [2.05, 4.69) is 30.9 Å². The summed E-state index contributed by atoms with van der Waals surface area (Å²) in [5, 5.41) is 3.85. The van der Waals surface area contributed by atoms with Crippen molar-refractivity contribution < 1.29 is 4.52 Å². The van der Waals surface area contributed by atoms with Gasteiger partial charge in [-0.2, -0.15) is 4.98 Å². The highest BCUT2D eigenvalue weighted by atomic mass is 32.2. The van der Waals surface area contributed by atoms with Gasteiger partial charge in [0.25, 0.3) is 0 Å². The maximum Gasteiger partial charge on any atom is 0.243 e. The molecule has 80 valence electrons. The summed E-state index contributed by atoms with van der Waals surface area (Å²) in [5.41, 5.74) is 5.61. The summed E-state index contributed by atoms with van der Waals surface area (Å²) in [6.45, 7) is 8.30. The molecule has 0 fully saturated rings. The van der Waals surface area contributed by atoms with Crippen LogP contribution in [0.2, 0.25) is 0 Å². The van der Waals surface area contributed by atoms with Crippen LogP contribution in [-0.4, -0.2) is 14.9 Å². The SMILES string of the molecule is C[C@@H](N)c1nc(CSC(C)(C)C)no1. The monoisotopic (exact) mass is 215 g/mol. The summed E-state index contributed by atoms with van der Waals surface area (Å²) in [5.74, 6) is 1.99. The summed E-state index contributed by atoms with van der Waals surface area (Å²) >= 11 is 1.79. The van der Waals surface area contributed by atoms with Crippen LogP contribution in [0, 0.1) is 0 Å². The van der Waals surface area contributed by atoms with Crippen LogP contribution in [0.5, 0.6) is 0 Å². The third-order valence-corrected chi connectivity index (χ3v) is 2.78. The van der Waals surface area contributed by atoms with Gasteiger partial charge in [0.2, 0.25) is 5.89 Å². The minimum absolute atomic E-state index is 0.184. The van der Waals surface area contributed by atoms with E-state index in [1.54, 1.807) is 11.8 Å². The third kappa shape index (κ3) is 3.67. The van der Waals surface area contributed by atoms with E-state index >= 15 is 0 Å². The van der Waals surface area contributed by atoms with Crippen molar-refractivity contribution in [1.82, 2.24) is 10.1 Å². The van der Waals surface area contributed by atoms with Crippen LogP contribution in [0.1, 0.15) is 45.5 Å². The fourth-order valence-electron chi connectivity index (χ4n) is 0.792. The van der Waals surface area contributed by atoms with Gasteiger partial charge >= 0.3 is 0 Å². The number of aromatic nitrogens is 2. The van der Waals surface area contributed by atoms with Gasteiger partial charge in [0.1, 0.15) is 0 Å². The fraction of sp³-hybridized carbons (Fsp3) is 0.778. The van der Waals surface area contributed by atoms with E-state index in [0.717, 1.165) is 11.6 Å². The van der Waals surface area contributed by atoms with Gasteiger partial charge in [0.05, 0.1) is 11.8 Å². The minimum Gasteiger partial charge on any atom is -0.338 e. The summed E-state index contributed by atoms with van der Waals surface area (Å²) in [4.78, 5) is 4.19. The zero-order valence-corrected chi connectivity index (χ0v) is 9.89. The van der Waals surface area contributed by atoms with Gasteiger partial charge in [0.15, 0.2) is 5.82 Å². The van der Waals surface area contributed by atoms with Crippen molar-refractivity contribution in [2.45, 2.75) is 44.2 Å². The molecule has 1 aromatic heterocycles. The van der Waals surface area contributed by atoms with Crippen LogP contribution < -0.4 is 5.73 Å². The zero-order valence-electron chi connectivity index (χ0n) is 9.07. The van der Waals surface area contributed by atoms with Crippen molar-refractivity contribution in [3.8, 4) is 0 Å². The van der Waals surface area contributed by atoms with E-state index < -0.39 is 0 Å². The topological polar surface area (TPSA) is 64.9 Å². The Balaban J connectivity index is 2.52. The van der Waals surface area contributed by atoms with E-state index in [1.807, 2.05) is 6.92 Å². The number of thioether (sulfide) groups is 1. The normalized spacial score (nSPS) is 14.4. The molecule has 1 aromatic rings.